The number of benzene rings is 2. The smallest absolute Gasteiger partial charge is 0.272 e. The second kappa shape index (κ2) is 11.0. The van der Waals surface area contributed by atoms with E-state index in [0.29, 0.717) is 23.9 Å². The lowest BCUT2D eigenvalue weighted by atomic mass is 10.0. The van der Waals surface area contributed by atoms with Crippen molar-refractivity contribution in [3.63, 3.8) is 0 Å². The Morgan fingerprint density at radius 2 is 1.79 bits per heavy atom. The molecule has 0 bridgehead atoms. The van der Waals surface area contributed by atoms with Gasteiger partial charge in [-0.25, -0.2) is 0 Å². The number of carbonyl (C=O) groups excluding carboxylic acids is 1. The zero-order valence-electron chi connectivity index (χ0n) is 20.4. The maximum absolute atomic E-state index is 13.5. The quantitative estimate of drug-likeness (QED) is 0.337. The Morgan fingerprint density at radius 3 is 2.53 bits per heavy atom. The first-order chi connectivity index (χ1) is 16.4. The molecule has 0 radical (unpaired) electrons. The van der Waals surface area contributed by atoms with Crippen molar-refractivity contribution in [1.82, 2.24) is 9.80 Å². The Morgan fingerprint density at radius 1 is 1.06 bits per heavy atom. The van der Waals surface area contributed by atoms with Gasteiger partial charge in [0.25, 0.3) is 5.91 Å². The van der Waals surface area contributed by atoms with Crippen LogP contribution in [0.1, 0.15) is 49.3 Å². The van der Waals surface area contributed by atoms with Gasteiger partial charge in [0.2, 0.25) is 6.10 Å². The first-order valence-corrected chi connectivity index (χ1v) is 12.3. The molecule has 1 fully saturated rings. The van der Waals surface area contributed by atoms with E-state index in [1.165, 1.54) is 25.9 Å². The number of nitrogens with zero attached hydrogens (tertiary/aromatic N) is 3. The van der Waals surface area contributed by atoms with E-state index in [-0.39, 0.29) is 11.7 Å². The summed E-state index contributed by atoms with van der Waals surface area (Å²) in [5.41, 5.74) is 7.80. The van der Waals surface area contributed by atoms with Gasteiger partial charge in [-0.15, -0.1) is 0 Å². The summed E-state index contributed by atoms with van der Waals surface area (Å²) in [6.45, 7) is 4.16. The van der Waals surface area contributed by atoms with Gasteiger partial charge in [-0.3, -0.25) is 10.2 Å². The standard InChI is InChI=1S/C27H37N5O2/c1-30(2)22-13-17-31(18-14-22)15-6-3-7-16-32-23-11-4-5-12-24(23)34-25(27(32)33)20-9-8-10-21(19-20)26(28)29/h4-5,8-12,19,22,25H,3,6-7,13-18H2,1-2H3,(H3,28,29). The zero-order valence-corrected chi connectivity index (χ0v) is 20.4. The highest BCUT2D eigenvalue weighted by Gasteiger charge is 2.35. The van der Waals surface area contributed by atoms with E-state index in [9.17, 15) is 4.79 Å². The Hall–Kier alpha value is -2.90. The predicted molar refractivity (Wildman–Crippen MR) is 137 cm³/mol. The maximum atomic E-state index is 13.5. The summed E-state index contributed by atoms with van der Waals surface area (Å²) in [6.07, 6.45) is 4.96. The van der Waals surface area contributed by atoms with Gasteiger partial charge in [0, 0.05) is 23.7 Å². The average Bonchev–Trinajstić information content (AvgIpc) is 2.85. The van der Waals surface area contributed by atoms with Crippen molar-refractivity contribution >= 4 is 17.4 Å². The Bertz CT molecular complexity index is 1000. The number of fused-ring (bicyclic) bond motifs is 1. The van der Waals surface area contributed by atoms with Gasteiger partial charge in [0.15, 0.2) is 0 Å². The minimum absolute atomic E-state index is 0.0201. The second-order valence-electron chi connectivity index (χ2n) is 9.59. The molecule has 1 unspecified atom stereocenters. The number of nitrogens with one attached hydrogen (secondary N) is 1. The summed E-state index contributed by atoms with van der Waals surface area (Å²) >= 11 is 0. The van der Waals surface area contributed by atoms with Crippen molar-refractivity contribution in [3.8, 4) is 5.75 Å². The number of nitrogen functional groups attached to an aromatic ring is 1. The number of unbranched alkanes of at least 4 members (excludes halogenated alkanes) is 2. The van der Waals surface area contributed by atoms with Crippen LogP contribution in [0.4, 0.5) is 5.69 Å². The molecule has 1 saturated heterocycles. The van der Waals surface area contributed by atoms with E-state index >= 15 is 0 Å². The van der Waals surface area contributed by atoms with Gasteiger partial charge < -0.3 is 25.2 Å². The van der Waals surface area contributed by atoms with Crippen molar-refractivity contribution in [3.05, 3.63) is 59.7 Å². The number of carbonyl (C=O) groups is 1. The van der Waals surface area contributed by atoms with Crippen molar-refractivity contribution < 1.29 is 9.53 Å². The van der Waals surface area contributed by atoms with E-state index < -0.39 is 6.10 Å². The van der Waals surface area contributed by atoms with Crippen LogP contribution >= 0.6 is 0 Å². The van der Waals surface area contributed by atoms with Crippen LogP contribution in [0.3, 0.4) is 0 Å². The molecule has 7 heteroatoms. The number of amidine groups is 1. The highest BCUT2D eigenvalue weighted by Crippen LogP contribution is 2.39. The van der Waals surface area contributed by atoms with E-state index in [1.54, 1.807) is 12.1 Å². The molecule has 2 heterocycles. The Kier molecular flexibility index (Phi) is 7.85. The fourth-order valence-corrected chi connectivity index (χ4v) is 4.97. The molecule has 3 N–H and O–H groups in total. The van der Waals surface area contributed by atoms with Crippen LogP contribution in [0, 0.1) is 5.41 Å². The van der Waals surface area contributed by atoms with Crippen LogP contribution in [-0.4, -0.2) is 67.9 Å². The van der Waals surface area contributed by atoms with Gasteiger partial charge in [0.05, 0.1) is 5.69 Å². The third kappa shape index (κ3) is 5.59. The van der Waals surface area contributed by atoms with Crippen LogP contribution in [0.15, 0.2) is 48.5 Å². The fourth-order valence-electron chi connectivity index (χ4n) is 4.97. The van der Waals surface area contributed by atoms with Gasteiger partial charge in [0.1, 0.15) is 11.6 Å². The maximum Gasteiger partial charge on any atom is 0.272 e. The molecule has 34 heavy (non-hydrogen) atoms. The van der Waals surface area contributed by atoms with Crippen LogP contribution in [0.25, 0.3) is 0 Å². The molecule has 2 aromatic carbocycles. The summed E-state index contributed by atoms with van der Waals surface area (Å²) < 4.78 is 6.11. The fraction of sp³-hybridized carbons (Fsp3) is 0.481. The van der Waals surface area contributed by atoms with Gasteiger partial charge in [-0.05, 0) is 77.6 Å². The SMILES string of the molecule is CN(C)C1CCN(CCCCCN2C(=O)C(c3cccc(C(=N)N)c3)Oc3ccccc32)CC1. The van der Waals surface area contributed by atoms with Gasteiger partial charge >= 0.3 is 0 Å². The topological polar surface area (TPSA) is 85.9 Å². The average molecular weight is 464 g/mol. The lowest BCUT2D eigenvalue weighted by Gasteiger charge is -2.35. The number of hydrogen-bond donors (Lipinski definition) is 2. The van der Waals surface area contributed by atoms with Crippen LogP contribution in [0.2, 0.25) is 0 Å². The molecule has 2 aromatic rings. The summed E-state index contributed by atoms with van der Waals surface area (Å²) in [7, 11) is 4.35. The van der Waals surface area contributed by atoms with Crippen LogP contribution in [-0.2, 0) is 4.79 Å². The lowest BCUT2D eigenvalue weighted by Crippen LogP contribution is -2.42. The number of hydrogen-bond acceptors (Lipinski definition) is 5. The Balaban J connectivity index is 1.35. The molecule has 0 aliphatic carbocycles. The number of para-hydroxylation sites is 2. The van der Waals surface area contributed by atoms with Crippen LogP contribution < -0.4 is 15.4 Å². The van der Waals surface area contributed by atoms with Crippen molar-refractivity contribution in [1.29, 1.82) is 5.41 Å². The van der Waals surface area contributed by atoms with Crippen molar-refractivity contribution in [2.24, 2.45) is 5.73 Å². The second-order valence-corrected chi connectivity index (χ2v) is 9.59. The van der Waals surface area contributed by atoms with Crippen molar-refractivity contribution in [2.45, 2.75) is 44.2 Å². The molecular formula is C27H37N5O2. The minimum atomic E-state index is -0.729. The molecule has 0 spiro atoms. The van der Waals surface area contributed by atoms with E-state index in [4.69, 9.17) is 15.9 Å². The lowest BCUT2D eigenvalue weighted by molar-refractivity contribution is -0.126. The first-order valence-electron chi connectivity index (χ1n) is 12.3. The summed E-state index contributed by atoms with van der Waals surface area (Å²) in [4.78, 5) is 20.3. The number of anilines is 1. The van der Waals surface area contributed by atoms with Crippen LogP contribution in [0.5, 0.6) is 5.75 Å². The highest BCUT2D eigenvalue weighted by molar-refractivity contribution is 6.01. The number of nitrogens with two attached hydrogens (primary N) is 1. The number of likely N-dealkylation sites (tertiary alicyclic amines) is 1. The monoisotopic (exact) mass is 463 g/mol. The molecule has 182 valence electrons. The first kappa shape index (κ1) is 24.2. The molecule has 0 aromatic heterocycles. The van der Waals surface area contributed by atoms with Gasteiger partial charge in [-0.2, -0.15) is 0 Å². The van der Waals surface area contributed by atoms with E-state index in [2.05, 4.69) is 23.9 Å². The largest absolute Gasteiger partial charge is 0.474 e. The molecule has 7 nitrogen and oxygen atoms in total. The highest BCUT2D eigenvalue weighted by atomic mass is 16.5. The molecule has 1 atom stereocenters. The Labute approximate surface area is 203 Å². The van der Waals surface area contributed by atoms with E-state index in [0.717, 1.165) is 37.1 Å². The van der Waals surface area contributed by atoms with Gasteiger partial charge in [-0.1, -0.05) is 36.8 Å². The number of piperidine rings is 1. The molecular weight excluding hydrogens is 426 g/mol. The third-order valence-corrected chi connectivity index (χ3v) is 7.04. The molecule has 4 rings (SSSR count). The third-order valence-electron chi connectivity index (χ3n) is 7.04. The zero-order chi connectivity index (χ0) is 24.1. The molecule has 2 aliphatic rings. The number of amides is 1. The van der Waals surface area contributed by atoms with E-state index in [1.807, 2.05) is 41.3 Å². The predicted octanol–water partition coefficient (Wildman–Crippen LogP) is 3.63. The normalized spacial score (nSPS) is 19.2. The molecule has 2 aliphatic heterocycles. The summed E-state index contributed by atoms with van der Waals surface area (Å²) in [5.74, 6) is 0.627. The molecule has 1 amide bonds. The summed E-state index contributed by atoms with van der Waals surface area (Å²) in [5, 5.41) is 7.72. The van der Waals surface area contributed by atoms with Crippen molar-refractivity contribution in [2.75, 3.05) is 45.2 Å². The molecule has 0 saturated carbocycles. The summed E-state index contributed by atoms with van der Waals surface area (Å²) in [6, 6.07) is 15.7. The minimum Gasteiger partial charge on any atom is -0.474 e. The number of rotatable bonds is 9. The number of ether oxygens (including phenoxy) is 1.